The molecule has 104 valence electrons. The van der Waals surface area contributed by atoms with Gasteiger partial charge in [-0.1, -0.05) is 67.2 Å². The van der Waals surface area contributed by atoms with Gasteiger partial charge in [0.15, 0.2) is 0 Å². The minimum absolute atomic E-state index is 0.0408. The fraction of sp³-hybridized carbons (Fsp3) is 0.222. The largest absolute Gasteiger partial charge is 0.394 e. The third kappa shape index (κ3) is 3.35. The Balaban J connectivity index is 2.06. The molecule has 0 aliphatic carbocycles. The molecule has 2 aromatic rings. The molecule has 0 spiro atoms. The minimum Gasteiger partial charge on any atom is -0.394 e. The summed E-state index contributed by atoms with van der Waals surface area (Å²) in [4.78, 5) is 0. The van der Waals surface area contributed by atoms with Crippen molar-refractivity contribution in [3.05, 3.63) is 78.4 Å². The molecular weight excluding hydrogens is 246 g/mol. The topological polar surface area (TPSA) is 32.3 Å². The molecule has 0 aromatic heterocycles. The van der Waals surface area contributed by atoms with Crippen LogP contribution in [0.25, 0.3) is 5.57 Å². The van der Waals surface area contributed by atoms with E-state index in [4.69, 9.17) is 0 Å². The summed E-state index contributed by atoms with van der Waals surface area (Å²) < 4.78 is 0. The molecular formula is C18H21NO. The first-order valence-corrected chi connectivity index (χ1v) is 6.80. The Kier molecular flexibility index (Phi) is 4.72. The Labute approximate surface area is 120 Å². The highest BCUT2D eigenvalue weighted by molar-refractivity contribution is 5.64. The molecule has 0 saturated heterocycles. The number of hydrogen-bond donors (Lipinski definition) is 2. The fourth-order valence-corrected chi connectivity index (χ4v) is 2.13. The monoisotopic (exact) mass is 267 g/mol. The van der Waals surface area contributed by atoms with Gasteiger partial charge in [0.1, 0.15) is 0 Å². The van der Waals surface area contributed by atoms with Crippen LogP contribution < -0.4 is 5.32 Å². The van der Waals surface area contributed by atoms with E-state index in [1.165, 1.54) is 0 Å². The summed E-state index contributed by atoms with van der Waals surface area (Å²) >= 11 is 0. The molecule has 20 heavy (non-hydrogen) atoms. The lowest BCUT2D eigenvalue weighted by Gasteiger charge is -2.30. The van der Waals surface area contributed by atoms with E-state index in [0.29, 0.717) is 6.54 Å². The second kappa shape index (κ2) is 6.51. The van der Waals surface area contributed by atoms with Crippen molar-refractivity contribution in [1.82, 2.24) is 5.32 Å². The van der Waals surface area contributed by atoms with Crippen LogP contribution in [0.2, 0.25) is 0 Å². The van der Waals surface area contributed by atoms with Gasteiger partial charge in [-0.05, 0) is 23.6 Å². The van der Waals surface area contributed by atoms with Crippen LogP contribution in [0.5, 0.6) is 0 Å². The molecule has 0 heterocycles. The van der Waals surface area contributed by atoms with E-state index in [-0.39, 0.29) is 6.61 Å². The lowest BCUT2D eigenvalue weighted by atomic mass is 9.92. The van der Waals surface area contributed by atoms with Gasteiger partial charge in [-0.15, -0.1) is 0 Å². The van der Waals surface area contributed by atoms with E-state index in [0.717, 1.165) is 16.7 Å². The van der Waals surface area contributed by atoms with Crippen molar-refractivity contribution < 1.29 is 5.11 Å². The predicted molar refractivity (Wildman–Crippen MR) is 84.4 cm³/mol. The van der Waals surface area contributed by atoms with Crippen molar-refractivity contribution >= 4 is 5.57 Å². The minimum atomic E-state index is -0.459. The van der Waals surface area contributed by atoms with Crippen LogP contribution in [0.1, 0.15) is 18.1 Å². The lowest BCUT2D eigenvalue weighted by Crippen LogP contribution is -2.43. The molecule has 2 heteroatoms. The Morgan fingerprint density at radius 1 is 1.05 bits per heavy atom. The number of rotatable bonds is 6. The summed E-state index contributed by atoms with van der Waals surface area (Å²) in [5.74, 6) is 0. The SMILES string of the molecule is C=C(CNC(C)(CO)c1ccccc1)c1ccccc1. The Morgan fingerprint density at radius 2 is 1.60 bits per heavy atom. The maximum absolute atomic E-state index is 9.73. The van der Waals surface area contributed by atoms with Gasteiger partial charge in [0.25, 0.3) is 0 Å². The van der Waals surface area contributed by atoms with E-state index in [9.17, 15) is 5.11 Å². The van der Waals surface area contributed by atoms with Crippen LogP contribution in [0.15, 0.2) is 67.2 Å². The summed E-state index contributed by atoms with van der Waals surface area (Å²) in [5, 5.41) is 13.1. The molecule has 0 aliphatic rings. The maximum Gasteiger partial charge on any atom is 0.0652 e. The van der Waals surface area contributed by atoms with E-state index >= 15 is 0 Å². The lowest BCUT2D eigenvalue weighted by molar-refractivity contribution is 0.180. The summed E-state index contributed by atoms with van der Waals surface area (Å²) in [6.45, 7) is 6.79. The van der Waals surface area contributed by atoms with Crippen LogP contribution >= 0.6 is 0 Å². The quantitative estimate of drug-likeness (QED) is 0.842. The van der Waals surface area contributed by atoms with E-state index in [2.05, 4.69) is 11.9 Å². The van der Waals surface area contributed by atoms with Crippen LogP contribution in [-0.4, -0.2) is 18.3 Å². The zero-order chi connectivity index (χ0) is 14.4. The van der Waals surface area contributed by atoms with Gasteiger partial charge >= 0.3 is 0 Å². The van der Waals surface area contributed by atoms with E-state index in [1.807, 2.05) is 67.6 Å². The van der Waals surface area contributed by atoms with Gasteiger partial charge in [0, 0.05) is 6.54 Å². The summed E-state index contributed by atoms with van der Waals surface area (Å²) in [6.07, 6.45) is 0. The number of hydrogen-bond acceptors (Lipinski definition) is 2. The van der Waals surface area contributed by atoms with Crippen LogP contribution in [0.4, 0.5) is 0 Å². The smallest absolute Gasteiger partial charge is 0.0652 e. The molecule has 0 amide bonds. The first-order valence-electron chi connectivity index (χ1n) is 6.80. The van der Waals surface area contributed by atoms with Crippen LogP contribution in [-0.2, 0) is 5.54 Å². The predicted octanol–water partition coefficient (Wildman–Crippen LogP) is 3.20. The Morgan fingerprint density at radius 3 is 2.15 bits per heavy atom. The third-order valence-electron chi connectivity index (χ3n) is 3.60. The Bertz CT molecular complexity index is 550. The van der Waals surface area contributed by atoms with Gasteiger partial charge in [-0.3, -0.25) is 0 Å². The molecule has 0 radical (unpaired) electrons. The van der Waals surface area contributed by atoms with Crippen molar-refractivity contribution in [3.63, 3.8) is 0 Å². The zero-order valence-corrected chi connectivity index (χ0v) is 11.8. The Hall–Kier alpha value is -1.90. The van der Waals surface area contributed by atoms with Crippen molar-refractivity contribution in [3.8, 4) is 0 Å². The summed E-state index contributed by atoms with van der Waals surface area (Å²) in [5.41, 5.74) is 2.75. The van der Waals surface area contributed by atoms with Gasteiger partial charge in [-0.25, -0.2) is 0 Å². The number of aliphatic hydroxyl groups excluding tert-OH is 1. The second-order valence-corrected chi connectivity index (χ2v) is 5.18. The molecule has 2 nitrogen and oxygen atoms in total. The van der Waals surface area contributed by atoms with Crippen molar-refractivity contribution in [2.24, 2.45) is 0 Å². The molecule has 1 atom stereocenters. The van der Waals surface area contributed by atoms with Gasteiger partial charge < -0.3 is 10.4 Å². The molecule has 0 aliphatic heterocycles. The second-order valence-electron chi connectivity index (χ2n) is 5.18. The normalized spacial score (nSPS) is 13.7. The number of benzene rings is 2. The van der Waals surface area contributed by atoms with E-state index < -0.39 is 5.54 Å². The maximum atomic E-state index is 9.73. The highest BCUT2D eigenvalue weighted by Gasteiger charge is 2.24. The first kappa shape index (κ1) is 14.5. The first-order chi connectivity index (χ1) is 9.65. The molecule has 1 unspecified atom stereocenters. The van der Waals surface area contributed by atoms with Crippen LogP contribution in [0.3, 0.4) is 0 Å². The summed E-state index contributed by atoms with van der Waals surface area (Å²) in [7, 11) is 0. The molecule has 2 rings (SSSR count). The van der Waals surface area contributed by atoms with Gasteiger partial charge in [-0.2, -0.15) is 0 Å². The summed E-state index contributed by atoms with van der Waals surface area (Å²) in [6, 6.07) is 20.1. The molecule has 0 bridgehead atoms. The molecule has 0 saturated carbocycles. The van der Waals surface area contributed by atoms with Gasteiger partial charge in [0.05, 0.1) is 12.1 Å². The van der Waals surface area contributed by atoms with Crippen molar-refractivity contribution in [1.29, 1.82) is 0 Å². The van der Waals surface area contributed by atoms with E-state index in [1.54, 1.807) is 0 Å². The fourth-order valence-electron chi connectivity index (χ4n) is 2.13. The number of nitrogens with one attached hydrogen (secondary N) is 1. The zero-order valence-electron chi connectivity index (χ0n) is 11.8. The average Bonchev–Trinajstić information content (AvgIpc) is 2.54. The van der Waals surface area contributed by atoms with Gasteiger partial charge in [0.2, 0.25) is 0 Å². The average molecular weight is 267 g/mol. The highest BCUT2D eigenvalue weighted by atomic mass is 16.3. The van der Waals surface area contributed by atoms with Crippen LogP contribution in [0, 0.1) is 0 Å². The molecule has 2 N–H and O–H groups in total. The highest BCUT2D eigenvalue weighted by Crippen LogP contribution is 2.21. The third-order valence-corrected chi connectivity index (χ3v) is 3.60. The molecule has 2 aromatic carbocycles. The number of aliphatic hydroxyl groups is 1. The molecule has 0 fully saturated rings. The standard InChI is InChI=1S/C18H21NO/c1-15(16-9-5-3-6-10-16)13-19-18(2,14-20)17-11-7-4-8-12-17/h3-12,19-20H,1,13-14H2,2H3. The van der Waals surface area contributed by atoms with Crippen molar-refractivity contribution in [2.75, 3.05) is 13.2 Å². The van der Waals surface area contributed by atoms with Crippen molar-refractivity contribution in [2.45, 2.75) is 12.5 Å².